The van der Waals surface area contributed by atoms with Crippen LogP contribution in [-0.4, -0.2) is 39.7 Å². The van der Waals surface area contributed by atoms with E-state index in [2.05, 4.69) is 32.2 Å². The molecule has 8 heteroatoms. The van der Waals surface area contributed by atoms with Crippen LogP contribution in [0.3, 0.4) is 0 Å². The number of nitrogens with zero attached hydrogens (tertiary/aromatic N) is 4. The molecule has 1 unspecified atom stereocenters. The highest BCUT2D eigenvalue weighted by Crippen LogP contribution is 2.31. The zero-order chi connectivity index (χ0) is 19.2. The Labute approximate surface area is 163 Å². The highest BCUT2D eigenvalue weighted by molar-refractivity contribution is 6.29. The summed E-state index contributed by atoms with van der Waals surface area (Å²) in [5.74, 6) is 1.12. The summed E-state index contributed by atoms with van der Waals surface area (Å²) in [4.78, 5) is 17.5. The summed E-state index contributed by atoms with van der Waals surface area (Å²) in [6, 6.07) is 7.25. The average molecular weight is 385 g/mol. The summed E-state index contributed by atoms with van der Waals surface area (Å²) >= 11 is 6.00. The Morgan fingerprint density at radius 1 is 1.15 bits per heavy atom. The van der Waals surface area contributed by atoms with Crippen LogP contribution in [0.15, 0.2) is 42.9 Å². The Morgan fingerprint density at radius 3 is 2.67 bits per heavy atom. The van der Waals surface area contributed by atoms with Gasteiger partial charge in [-0.15, -0.1) is 0 Å². The van der Waals surface area contributed by atoms with Crippen molar-refractivity contribution >= 4 is 23.1 Å². The van der Waals surface area contributed by atoms with E-state index < -0.39 is 0 Å². The number of nitrogens with two attached hydrogens (primary N) is 1. The van der Waals surface area contributed by atoms with Crippen LogP contribution in [0.4, 0.5) is 11.5 Å². The molecule has 140 valence electrons. The van der Waals surface area contributed by atoms with Crippen molar-refractivity contribution < 1.29 is 4.74 Å². The van der Waals surface area contributed by atoms with E-state index in [0.29, 0.717) is 34.7 Å². The standard InChI is InChI=1S/C19H21ClN6O/c1-3-13(11-27-2)25-18-17(14(21)5-8-23-18)19-24-9-6-15(26-19)12-4-7-22-16(20)10-12/h4-10,13H,3,11H2,1-2H3,(H3,21,23,25). The minimum Gasteiger partial charge on any atom is -0.398 e. The summed E-state index contributed by atoms with van der Waals surface area (Å²) in [5.41, 5.74) is 9.02. The monoisotopic (exact) mass is 384 g/mol. The fraction of sp³-hybridized carbons (Fsp3) is 0.263. The number of nitrogen functional groups attached to an aromatic ring is 1. The van der Waals surface area contributed by atoms with Gasteiger partial charge in [0.05, 0.1) is 23.9 Å². The molecule has 0 saturated carbocycles. The Bertz CT molecular complexity index is 920. The van der Waals surface area contributed by atoms with Crippen LogP contribution in [0.5, 0.6) is 0 Å². The molecule has 3 rings (SSSR count). The maximum atomic E-state index is 6.24. The molecule has 27 heavy (non-hydrogen) atoms. The summed E-state index contributed by atoms with van der Waals surface area (Å²) in [5, 5.41) is 3.78. The highest BCUT2D eigenvalue weighted by Gasteiger charge is 2.17. The predicted molar refractivity (Wildman–Crippen MR) is 107 cm³/mol. The van der Waals surface area contributed by atoms with Gasteiger partial charge in [0.2, 0.25) is 0 Å². The number of hydrogen-bond donors (Lipinski definition) is 2. The second-order valence-corrected chi connectivity index (χ2v) is 6.35. The fourth-order valence-corrected chi connectivity index (χ4v) is 2.85. The number of rotatable bonds is 7. The van der Waals surface area contributed by atoms with Crippen molar-refractivity contribution in [3.63, 3.8) is 0 Å². The van der Waals surface area contributed by atoms with Gasteiger partial charge in [-0.1, -0.05) is 18.5 Å². The van der Waals surface area contributed by atoms with Crippen molar-refractivity contribution in [1.29, 1.82) is 0 Å². The van der Waals surface area contributed by atoms with Gasteiger partial charge >= 0.3 is 0 Å². The third kappa shape index (κ3) is 4.50. The first kappa shape index (κ1) is 19.0. The normalized spacial score (nSPS) is 12.0. The number of ether oxygens (including phenoxy) is 1. The maximum Gasteiger partial charge on any atom is 0.165 e. The van der Waals surface area contributed by atoms with Crippen LogP contribution >= 0.6 is 11.6 Å². The van der Waals surface area contributed by atoms with Gasteiger partial charge in [0.25, 0.3) is 0 Å². The second kappa shape index (κ2) is 8.75. The SMILES string of the molecule is CCC(COC)Nc1nccc(N)c1-c1nccc(-c2ccnc(Cl)c2)n1. The molecule has 3 N–H and O–H groups in total. The lowest BCUT2D eigenvalue weighted by Gasteiger charge is -2.19. The van der Waals surface area contributed by atoms with Gasteiger partial charge in [-0.2, -0.15) is 0 Å². The molecular weight excluding hydrogens is 364 g/mol. The molecule has 3 aromatic heterocycles. The van der Waals surface area contributed by atoms with Crippen molar-refractivity contribution in [2.45, 2.75) is 19.4 Å². The topological polar surface area (TPSA) is 98.8 Å². The van der Waals surface area contributed by atoms with Crippen molar-refractivity contribution in [3.05, 3.63) is 48.0 Å². The summed E-state index contributed by atoms with van der Waals surface area (Å²) in [7, 11) is 1.67. The van der Waals surface area contributed by atoms with Gasteiger partial charge < -0.3 is 15.8 Å². The molecule has 0 aliphatic heterocycles. The Morgan fingerprint density at radius 2 is 1.93 bits per heavy atom. The number of methoxy groups -OCH3 is 1. The number of aromatic nitrogens is 4. The molecule has 0 saturated heterocycles. The number of nitrogens with one attached hydrogen (secondary N) is 1. The van der Waals surface area contributed by atoms with Crippen LogP contribution in [0.2, 0.25) is 5.15 Å². The molecule has 0 bridgehead atoms. The zero-order valence-electron chi connectivity index (χ0n) is 15.2. The van der Waals surface area contributed by atoms with Gasteiger partial charge in [-0.25, -0.2) is 19.9 Å². The quantitative estimate of drug-likeness (QED) is 0.599. The van der Waals surface area contributed by atoms with E-state index in [-0.39, 0.29) is 6.04 Å². The lowest BCUT2D eigenvalue weighted by molar-refractivity contribution is 0.184. The Hall–Kier alpha value is -2.77. The van der Waals surface area contributed by atoms with E-state index in [1.54, 1.807) is 37.8 Å². The minimum atomic E-state index is 0.102. The van der Waals surface area contributed by atoms with E-state index in [9.17, 15) is 0 Å². The Kier molecular flexibility index (Phi) is 6.16. The molecule has 3 heterocycles. The van der Waals surface area contributed by atoms with E-state index >= 15 is 0 Å². The molecular formula is C19H21ClN6O. The average Bonchev–Trinajstić information content (AvgIpc) is 2.68. The molecule has 0 spiro atoms. The van der Waals surface area contributed by atoms with Gasteiger partial charge in [0.1, 0.15) is 11.0 Å². The second-order valence-electron chi connectivity index (χ2n) is 5.96. The third-order valence-electron chi connectivity index (χ3n) is 4.09. The van der Waals surface area contributed by atoms with Crippen LogP contribution < -0.4 is 11.1 Å². The van der Waals surface area contributed by atoms with Crippen molar-refractivity contribution in [2.75, 3.05) is 24.8 Å². The molecule has 0 amide bonds. The first-order valence-corrected chi connectivity index (χ1v) is 8.95. The van der Waals surface area contributed by atoms with E-state index in [1.165, 1.54) is 0 Å². The highest BCUT2D eigenvalue weighted by atomic mass is 35.5. The largest absolute Gasteiger partial charge is 0.398 e. The predicted octanol–water partition coefficient (Wildman–Crippen LogP) is 3.67. The summed E-state index contributed by atoms with van der Waals surface area (Å²) in [6.45, 7) is 2.63. The molecule has 0 fully saturated rings. The van der Waals surface area contributed by atoms with E-state index in [1.807, 2.05) is 12.1 Å². The smallest absolute Gasteiger partial charge is 0.165 e. The fourth-order valence-electron chi connectivity index (χ4n) is 2.68. The number of anilines is 2. The molecule has 1 atom stereocenters. The number of pyridine rings is 2. The number of hydrogen-bond acceptors (Lipinski definition) is 7. The van der Waals surface area contributed by atoms with Gasteiger partial charge in [-0.3, -0.25) is 0 Å². The first-order chi connectivity index (χ1) is 13.1. The van der Waals surface area contributed by atoms with Crippen LogP contribution in [-0.2, 0) is 4.74 Å². The first-order valence-electron chi connectivity index (χ1n) is 8.57. The third-order valence-corrected chi connectivity index (χ3v) is 4.29. The zero-order valence-corrected chi connectivity index (χ0v) is 15.9. The van der Waals surface area contributed by atoms with Crippen molar-refractivity contribution in [1.82, 2.24) is 19.9 Å². The number of halogens is 1. The molecule has 7 nitrogen and oxygen atoms in total. The lowest BCUT2D eigenvalue weighted by Crippen LogP contribution is -2.25. The summed E-state index contributed by atoms with van der Waals surface area (Å²) < 4.78 is 5.26. The van der Waals surface area contributed by atoms with E-state index in [0.717, 1.165) is 17.7 Å². The maximum absolute atomic E-state index is 6.24. The van der Waals surface area contributed by atoms with Crippen LogP contribution in [0.25, 0.3) is 22.6 Å². The van der Waals surface area contributed by atoms with Crippen LogP contribution in [0.1, 0.15) is 13.3 Å². The van der Waals surface area contributed by atoms with E-state index in [4.69, 9.17) is 22.1 Å². The van der Waals surface area contributed by atoms with Crippen molar-refractivity contribution in [2.24, 2.45) is 0 Å². The molecule has 0 radical (unpaired) electrons. The van der Waals surface area contributed by atoms with Gasteiger partial charge in [0.15, 0.2) is 5.82 Å². The Balaban J connectivity index is 2.02. The van der Waals surface area contributed by atoms with Gasteiger partial charge in [0, 0.05) is 37.0 Å². The summed E-state index contributed by atoms with van der Waals surface area (Å²) in [6.07, 6.45) is 5.86. The molecule has 3 aromatic rings. The van der Waals surface area contributed by atoms with Crippen molar-refractivity contribution in [3.8, 4) is 22.6 Å². The molecule has 0 aliphatic rings. The lowest BCUT2D eigenvalue weighted by atomic mass is 10.1. The van der Waals surface area contributed by atoms with Gasteiger partial charge in [-0.05, 0) is 30.7 Å². The minimum absolute atomic E-state index is 0.102. The molecule has 0 aromatic carbocycles. The van der Waals surface area contributed by atoms with Crippen LogP contribution in [0, 0.1) is 0 Å². The molecule has 0 aliphatic carbocycles.